The van der Waals surface area contributed by atoms with E-state index in [4.69, 9.17) is 0 Å². The van der Waals surface area contributed by atoms with E-state index in [2.05, 4.69) is 63.0 Å². The zero-order valence-electron chi connectivity index (χ0n) is 23.1. The average molecular weight is 677 g/mol. The van der Waals surface area contributed by atoms with Crippen LogP contribution in [0.5, 0.6) is 0 Å². The fraction of sp³-hybridized carbons (Fsp3) is 1.00. The van der Waals surface area contributed by atoms with E-state index in [0.717, 1.165) is 0 Å². The molecule has 0 amide bonds. The van der Waals surface area contributed by atoms with E-state index >= 15 is 0 Å². The molecule has 31 heavy (non-hydrogen) atoms. The van der Waals surface area contributed by atoms with Gasteiger partial charge in [0.25, 0.3) is 0 Å². The molecule has 0 fully saturated rings. The summed E-state index contributed by atoms with van der Waals surface area (Å²) < 4.78 is 9.95. The molecule has 0 aromatic heterocycles. The summed E-state index contributed by atoms with van der Waals surface area (Å²) in [5, 5.41) is 0. The Morgan fingerprint density at radius 2 is 0.516 bits per heavy atom. The van der Waals surface area contributed by atoms with Gasteiger partial charge in [0.05, 0.1) is 0 Å². The Morgan fingerprint density at radius 3 is 0.613 bits per heavy atom. The molecule has 0 aromatic carbocycles. The molecular weight excluding hydrogens is 609 g/mol. The Hall–Kier alpha value is 1.89. The van der Waals surface area contributed by atoms with Crippen LogP contribution in [0.15, 0.2) is 0 Å². The first-order valence-corrected chi connectivity index (χ1v) is 32.3. The maximum atomic E-state index is 4.64. The van der Waals surface area contributed by atoms with E-state index in [-0.39, 0.29) is 7.43 Å². The third kappa shape index (κ3) is 28.0. The van der Waals surface area contributed by atoms with Gasteiger partial charge in [-0.25, -0.2) is 0 Å². The molecule has 0 N–H and O–H groups in total. The maximum absolute atomic E-state index is 4.64. The van der Waals surface area contributed by atoms with Crippen LogP contribution in [0.25, 0.3) is 0 Å². The Kier molecular flexibility index (Phi) is 38.7. The van der Waals surface area contributed by atoms with Crippen LogP contribution in [0.4, 0.5) is 0 Å². The van der Waals surface area contributed by atoms with Crippen molar-refractivity contribution < 1.29 is 0 Å². The van der Waals surface area contributed by atoms with Gasteiger partial charge in [0.2, 0.25) is 0 Å². The molecule has 0 heterocycles. The number of hydrogen-bond donors (Lipinski definition) is 0. The average Bonchev–Trinajstić information content (AvgIpc) is 2.78. The van der Waals surface area contributed by atoms with Crippen LogP contribution in [0.1, 0.15) is 126 Å². The van der Waals surface area contributed by atoms with Crippen LogP contribution < -0.4 is 0 Å². The number of rotatable bonds is 18. The van der Waals surface area contributed by atoms with Gasteiger partial charge in [0.15, 0.2) is 0 Å². The number of halogens is 1. The molecular formula is C28H67ClSn2. The third-order valence-electron chi connectivity index (χ3n) is 6.80. The van der Waals surface area contributed by atoms with Crippen LogP contribution in [0.2, 0.25) is 36.5 Å². The van der Waals surface area contributed by atoms with Gasteiger partial charge in [0, 0.05) is 6.38 Å². The fourth-order valence-corrected chi connectivity index (χ4v) is 29.3. The summed E-state index contributed by atoms with van der Waals surface area (Å²) in [6, 6.07) is 0. The van der Waals surface area contributed by atoms with Gasteiger partial charge in [-0.15, -0.1) is 11.6 Å². The van der Waals surface area contributed by atoms with E-state index in [9.17, 15) is 0 Å². The molecule has 0 aromatic rings. The Bertz CT molecular complexity index is 234. The van der Waals surface area contributed by atoms with Gasteiger partial charge < -0.3 is 0 Å². The van der Waals surface area contributed by atoms with Gasteiger partial charge in [0.1, 0.15) is 0 Å². The molecule has 0 aliphatic rings. The summed E-state index contributed by atoms with van der Waals surface area (Å²) in [7, 11) is 0. The second-order valence-electron chi connectivity index (χ2n) is 10.2. The van der Waals surface area contributed by atoms with E-state index < -0.39 is 36.8 Å². The first kappa shape index (κ1) is 40.1. The second kappa shape index (κ2) is 29.9. The van der Waals surface area contributed by atoms with Crippen molar-refractivity contribution in [3.05, 3.63) is 0 Å². The van der Waals surface area contributed by atoms with E-state index in [1.807, 2.05) is 0 Å². The minimum absolute atomic E-state index is 0. The quantitative estimate of drug-likeness (QED) is 0.100. The zero-order chi connectivity index (χ0) is 23.7. The predicted octanol–water partition coefficient (Wildman–Crippen LogP) is 12.4. The number of unbranched alkanes of at least 4 members (excludes halogenated alkanes) is 6. The van der Waals surface area contributed by atoms with Crippen LogP contribution >= 0.6 is 11.6 Å². The standard InChI is InChI=1S/6C4H9.CH3Cl.CH4.2CH3.2Sn/c6*1-3-4-2;1-2;;;;;/h6*1,3-4H2,2H3;1H3;1H4;2*1H3;;. The summed E-state index contributed by atoms with van der Waals surface area (Å²) in [4.78, 5) is 5.44. The van der Waals surface area contributed by atoms with E-state index in [0.29, 0.717) is 0 Å². The molecule has 194 valence electrons. The topological polar surface area (TPSA) is 0 Å². The molecule has 0 bridgehead atoms. The molecule has 0 atom stereocenters. The SMILES string of the molecule is C.CCC[CH2][Sn]([CH3])([CH2]CCC)[CH2]CCC.CCC[CH2][Sn]([CH3])([CH2]CCC)[CH2]CCC.CCl. The van der Waals surface area contributed by atoms with Gasteiger partial charge in [-0.05, 0) is 0 Å². The molecule has 0 saturated carbocycles. The van der Waals surface area contributed by atoms with Crippen molar-refractivity contribution in [1.82, 2.24) is 0 Å². The van der Waals surface area contributed by atoms with Crippen molar-refractivity contribution in [3.63, 3.8) is 0 Å². The number of hydrogen-bond acceptors (Lipinski definition) is 0. The summed E-state index contributed by atoms with van der Waals surface area (Å²) >= 11 is 1.51. The minimum Gasteiger partial charge on any atom is -0.130 e. The molecule has 0 nitrogen and oxygen atoms in total. The van der Waals surface area contributed by atoms with E-state index in [1.54, 1.807) is 26.6 Å². The molecule has 0 rings (SSSR count). The fourth-order valence-electron chi connectivity index (χ4n) is 4.37. The number of alkyl halides is 1. The molecule has 0 unspecified atom stereocenters. The first-order valence-electron chi connectivity index (χ1n) is 13.7. The summed E-state index contributed by atoms with van der Waals surface area (Å²) in [6.07, 6.45) is 19.0. The van der Waals surface area contributed by atoms with Crippen molar-refractivity contribution in [2.24, 2.45) is 0 Å². The third-order valence-corrected chi connectivity index (χ3v) is 33.5. The second-order valence-corrected chi connectivity index (χ2v) is 39.5. The largest absolute Gasteiger partial charge is 0.130 e. The summed E-state index contributed by atoms with van der Waals surface area (Å²) in [5.41, 5.74) is 0. The molecule has 0 radical (unpaired) electrons. The van der Waals surface area contributed by atoms with Gasteiger partial charge in [-0.3, -0.25) is 0 Å². The monoisotopic (exact) mass is 678 g/mol. The van der Waals surface area contributed by atoms with Crippen molar-refractivity contribution in [2.45, 2.75) is 163 Å². The Morgan fingerprint density at radius 1 is 0.387 bits per heavy atom. The van der Waals surface area contributed by atoms with Crippen molar-refractivity contribution >= 4 is 48.4 Å². The smallest absolute Gasteiger partial charge is 0.0108 e. The maximum Gasteiger partial charge on any atom is 0.0108 e. The van der Waals surface area contributed by atoms with Gasteiger partial charge in [-0.2, -0.15) is 0 Å². The van der Waals surface area contributed by atoms with Crippen LogP contribution in [0.3, 0.4) is 0 Å². The molecule has 0 aliphatic heterocycles. The predicted molar refractivity (Wildman–Crippen MR) is 160 cm³/mol. The van der Waals surface area contributed by atoms with Crippen LogP contribution in [0, 0.1) is 0 Å². The molecule has 3 heteroatoms. The normalized spacial score (nSPS) is 11.0. The van der Waals surface area contributed by atoms with Crippen molar-refractivity contribution in [3.8, 4) is 0 Å². The van der Waals surface area contributed by atoms with Crippen LogP contribution in [-0.4, -0.2) is 43.1 Å². The van der Waals surface area contributed by atoms with Crippen molar-refractivity contribution in [1.29, 1.82) is 0 Å². The molecule has 0 saturated heterocycles. The van der Waals surface area contributed by atoms with Gasteiger partial charge in [-0.1, -0.05) is 7.43 Å². The Balaban J connectivity index is -0.000000211. The first-order chi connectivity index (χ1) is 14.4. The summed E-state index contributed by atoms with van der Waals surface area (Å²) in [6.45, 7) is 14.0. The van der Waals surface area contributed by atoms with Crippen LogP contribution in [-0.2, 0) is 0 Å². The van der Waals surface area contributed by atoms with Gasteiger partial charge >= 0.3 is 192 Å². The van der Waals surface area contributed by atoms with Crippen molar-refractivity contribution in [2.75, 3.05) is 6.38 Å². The molecule has 0 aliphatic carbocycles. The Labute approximate surface area is 215 Å². The summed E-state index contributed by atoms with van der Waals surface area (Å²) in [5.74, 6) is 0. The van der Waals surface area contributed by atoms with E-state index in [1.165, 1.54) is 83.4 Å². The molecule has 0 spiro atoms. The zero-order valence-corrected chi connectivity index (χ0v) is 29.6. The minimum atomic E-state index is -1.56.